The largest absolute Gasteiger partial charge is 0.478 e. The minimum atomic E-state index is -4.79. The molecule has 0 spiro atoms. The molecule has 16 heteroatoms. The zero-order valence-electron chi connectivity index (χ0n) is 19.2. The minimum Gasteiger partial charge on any atom is -0.478 e. The van der Waals surface area contributed by atoms with Gasteiger partial charge in [0.05, 0.1) is 21.8 Å². The molecule has 0 saturated carbocycles. The van der Waals surface area contributed by atoms with Crippen molar-refractivity contribution in [3.63, 3.8) is 0 Å². The second-order valence-corrected chi connectivity index (χ2v) is 9.88. The van der Waals surface area contributed by atoms with Gasteiger partial charge in [0.15, 0.2) is 0 Å². The number of alkyl halides is 6. The van der Waals surface area contributed by atoms with Crippen LogP contribution in [0.1, 0.15) is 27.0 Å². The van der Waals surface area contributed by atoms with Crippen LogP contribution in [0.3, 0.4) is 0 Å². The lowest BCUT2D eigenvalue weighted by Crippen LogP contribution is -2.14. The van der Waals surface area contributed by atoms with Crippen molar-refractivity contribution < 1.29 is 49.1 Å². The van der Waals surface area contributed by atoms with Gasteiger partial charge in [-0.1, -0.05) is 11.6 Å². The second-order valence-electron chi connectivity index (χ2n) is 7.56. The quantitative estimate of drug-likeness (QED) is 0.300. The van der Waals surface area contributed by atoms with Crippen molar-refractivity contribution in [2.24, 2.45) is 0 Å². The first-order valence-corrected chi connectivity index (χ1v) is 12.3. The Balaban J connectivity index is 0.000000273. The lowest BCUT2D eigenvalue weighted by Gasteiger charge is -2.13. The van der Waals surface area contributed by atoms with E-state index in [1.807, 2.05) is 0 Å². The van der Waals surface area contributed by atoms with Crippen LogP contribution in [0.25, 0.3) is 11.3 Å². The lowest BCUT2D eigenvalue weighted by atomic mass is 10.0. The molecule has 0 aliphatic rings. The number of benzene rings is 2. The third-order valence-corrected chi connectivity index (χ3v) is 5.72. The van der Waals surface area contributed by atoms with Gasteiger partial charge in [-0.3, -0.25) is 0 Å². The molecule has 3 aromatic rings. The molecule has 3 rings (SSSR count). The van der Waals surface area contributed by atoms with Crippen LogP contribution in [-0.2, 0) is 28.7 Å². The number of aromatic nitrogens is 2. The first-order valence-electron chi connectivity index (χ1n) is 10.0. The molecule has 0 bridgehead atoms. The van der Waals surface area contributed by atoms with Gasteiger partial charge in [-0.05, 0) is 49.0 Å². The third-order valence-electron chi connectivity index (χ3n) is 4.54. The van der Waals surface area contributed by atoms with E-state index < -0.39 is 50.3 Å². The van der Waals surface area contributed by atoms with Gasteiger partial charge < -0.3 is 10.4 Å². The van der Waals surface area contributed by atoms with Crippen LogP contribution >= 0.6 is 11.6 Å². The smallest absolute Gasteiger partial charge is 0.416 e. The summed E-state index contributed by atoms with van der Waals surface area (Å²) in [4.78, 5) is 18.4. The fourth-order valence-corrected chi connectivity index (χ4v) is 3.67. The monoisotopic (exact) mass is 587 g/mol. The molecular formula is C22H17ClF7N3O4S. The Kier molecular flexibility index (Phi) is 9.45. The number of aromatic carboxylic acids is 1. The molecular weight excluding hydrogens is 571 g/mol. The summed E-state index contributed by atoms with van der Waals surface area (Å²) in [6.07, 6.45) is -7.81. The Morgan fingerprint density at radius 1 is 1.03 bits per heavy atom. The summed E-state index contributed by atoms with van der Waals surface area (Å²) in [6.45, 7) is -0.0625. The number of nitrogens with zero attached hydrogens (tertiary/aromatic N) is 2. The molecule has 0 amide bonds. The highest BCUT2D eigenvalue weighted by atomic mass is 35.5. The number of halogens is 8. The predicted molar refractivity (Wildman–Crippen MR) is 122 cm³/mol. The minimum absolute atomic E-state index is 0.0605. The van der Waals surface area contributed by atoms with E-state index in [1.165, 1.54) is 13.1 Å². The van der Waals surface area contributed by atoms with Crippen LogP contribution in [0.5, 0.6) is 0 Å². The highest BCUT2D eigenvalue weighted by molar-refractivity contribution is 7.90. The van der Waals surface area contributed by atoms with Crippen molar-refractivity contribution in [1.29, 1.82) is 0 Å². The number of rotatable bonds is 5. The third kappa shape index (κ3) is 8.10. The summed E-state index contributed by atoms with van der Waals surface area (Å²) >= 11 is 5.86. The molecule has 1 aromatic heterocycles. The molecule has 7 nitrogen and oxygen atoms in total. The molecule has 2 N–H and O–H groups in total. The molecule has 2 aromatic carbocycles. The van der Waals surface area contributed by atoms with E-state index >= 15 is 0 Å². The lowest BCUT2D eigenvalue weighted by molar-refractivity contribution is -0.143. The van der Waals surface area contributed by atoms with E-state index in [4.69, 9.17) is 16.7 Å². The fourth-order valence-electron chi connectivity index (χ4n) is 2.91. The van der Waals surface area contributed by atoms with E-state index in [-0.39, 0.29) is 40.0 Å². The van der Waals surface area contributed by atoms with Crippen LogP contribution < -0.4 is 5.32 Å². The van der Waals surface area contributed by atoms with Crippen LogP contribution in [0.15, 0.2) is 47.8 Å². The van der Waals surface area contributed by atoms with E-state index in [1.54, 1.807) is 0 Å². The maximum absolute atomic E-state index is 13.1. The summed E-state index contributed by atoms with van der Waals surface area (Å²) in [7, 11) is -2.29. The molecule has 0 unspecified atom stereocenters. The zero-order valence-corrected chi connectivity index (χ0v) is 20.8. The van der Waals surface area contributed by atoms with Crippen LogP contribution in [0.2, 0.25) is 5.02 Å². The Labute approximate surface area is 216 Å². The van der Waals surface area contributed by atoms with Gasteiger partial charge >= 0.3 is 18.3 Å². The van der Waals surface area contributed by atoms with Gasteiger partial charge in [0.25, 0.3) is 0 Å². The van der Waals surface area contributed by atoms with Crippen molar-refractivity contribution in [2.45, 2.75) is 24.1 Å². The fraction of sp³-hybridized carbons (Fsp3) is 0.227. The first kappa shape index (κ1) is 30.9. The normalized spacial score (nSPS) is 12.1. The molecule has 0 aliphatic heterocycles. The summed E-state index contributed by atoms with van der Waals surface area (Å²) in [5.74, 6) is -1.97. The van der Waals surface area contributed by atoms with Crippen molar-refractivity contribution in [2.75, 3.05) is 13.3 Å². The van der Waals surface area contributed by atoms with E-state index in [0.29, 0.717) is 12.1 Å². The van der Waals surface area contributed by atoms with Crippen molar-refractivity contribution in [3.8, 4) is 11.3 Å². The topological polar surface area (TPSA) is 109 Å². The standard InChI is InChI=1S/C12H8ClFN2O4S.C10H9F6N/c1-21(19,20)12-15-5-8(11(17)18)10(16-12)7-3-2-6(14)4-9(7)13;1-17-5-6-2-7(9(11,12)13)4-8(3-6)10(14,15)16/h2-5H,1H3,(H,17,18);2-4,17H,5H2,1H3. The zero-order chi connectivity index (χ0) is 29.1. The molecule has 206 valence electrons. The number of hydrogen-bond acceptors (Lipinski definition) is 6. The Hall–Kier alpha value is -3.30. The summed E-state index contributed by atoms with van der Waals surface area (Å²) in [5, 5.41) is 11.0. The Bertz CT molecular complexity index is 1410. The Morgan fingerprint density at radius 2 is 1.58 bits per heavy atom. The van der Waals surface area contributed by atoms with Gasteiger partial charge in [0, 0.05) is 24.6 Å². The number of carboxylic acids is 1. The SMILES string of the molecule is CNCc1cc(C(F)(F)F)cc(C(F)(F)F)c1.CS(=O)(=O)c1ncc(C(=O)O)c(-c2ccc(F)cc2Cl)n1. The molecule has 0 radical (unpaired) electrons. The number of hydrogen-bond donors (Lipinski definition) is 2. The molecule has 0 fully saturated rings. The maximum atomic E-state index is 13.1. The summed E-state index contributed by atoms with van der Waals surface area (Å²) in [5.41, 5.74) is -3.08. The van der Waals surface area contributed by atoms with Gasteiger partial charge in [-0.25, -0.2) is 27.6 Å². The van der Waals surface area contributed by atoms with Gasteiger partial charge in [-0.15, -0.1) is 0 Å². The summed E-state index contributed by atoms with van der Waals surface area (Å²) < 4.78 is 110. The first-order chi connectivity index (χ1) is 17.3. The molecule has 38 heavy (non-hydrogen) atoms. The average Bonchev–Trinajstić information content (AvgIpc) is 2.77. The molecule has 1 heterocycles. The Morgan fingerprint density at radius 3 is 2.00 bits per heavy atom. The van der Waals surface area contributed by atoms with Crippen LogP contribution in [-0.4, -0.2) is 42.8 Å². The number of carboxylic acid groups (broad SMARTS) is 1. The number of carbonyl (C=O) groups is 1. The summed E-state index contributed by atoms with van der Waals surface area (Å²) in [6, 6.07) is 4.77. The van der Waals surface area contributed by atoms with Crippen LogP contribution in [0.4, 0.5) is 30.7 Å². The van der Waals surface area contributed by atoms with Crippen LogP contribution in [0, 0.1) is 5.82 Å². The predicted octanol–water partition coefficient (Wildman–Crippen LogP) is 5.48. The maximum Gasteiger partial charge on any atom is 0.416 e. The molecule has 0 atom stereocenters. The van der Waals surface area contributed by atoms with Gasteiger partial charge in [0.1, 0.15) is 11.4 Å². The van der Waals surface area contributed by atoms with Gasteiger partial charge in [0.2, 0.25) is 15.0 Å². The van der Waals surface area contributed by atoms with Crippen molar-refractivity contribution >= 4 is 27.4 Å². The highest BCUT2D eigenvalue weighted by Crippen LogP contribution is 2.36. The molecule has 0 saturated heterocycles. The second kappa shape index (κ2) is 11.6. The highest BCUT2D eigenvalue weighted by Gasteiger charge is 2.36. The number of nitrogens with one attached hydrogen (secondary N) is 1. The average molecular weight is 588 g/mol. The van der Waals surface area contributed by atoms with Crippen molar-refractivity contribution in [3.05, 3.63) is 75.7 Å². The number of sulfone groups is 1. The van der Waals surface area contributed by atoms with E-state index in [0.717, 1.165) is 24.6 Å². The van der Waals surface area contributed by atoms with E-state index in [2.05, 4.69) is 15.3 Å². The molecule has 0 aliphatic carbocycles. The van der Waals surface area contributed by atoms with E-state index in [9.17, 15) is 43.9 Å². The van der Waals surface area contributed by atoms with Crippen molar-refractivity contribution in [1.82, 2.24) is 15.3 Å². The van der Waals surface area contributed by atoms with Gasteiger partial charge in [-0.2, -0.15) is 26.3 Å².